The zero-order valence-electron chi connectivity index (χ0n) is 18.1. The smallest absolute Gasteiger partial charge is 0.257 e. The fraction of sp³-hybridized carbons (Fsp3) is 0.185. The van der Waals surface area contributed by atoms with Gasteiger partial charge >= 0.3 is 0 Å². The van der Waals surface area contributed by atoms with E-state index in [1.807, 2.05) is 106 Å². The highest BCUT2D eigenvalue weighted by Gasteiger charge is 2.22. The van der Waals surface area contributed by atoms with Gasteiger partial charge in [-0.1, -0.05) is 90.5 Å². The number of hydrogen-bond acceptors (Lipinski definition) is 2. The minimum absolute atomic E-state index is 0.0798. The molecule has 2 amide bonds. The Labute approximate surface area is 184 Å². The highest BCUT2D eigenvalue weighted by molar-refractivity contribution is 6.21. The highest BCUT2D eigenvalue weighted by Crippen LogP contribution is 2.17. The summed E-state index contributed by atoms with van der Waals surface area (Å²) in [5.41, 5.74) is 3.90. The Kier molecular flexibility index (Phi) is 7.39. The second-order valence-electron chi connectivity index (χ2n) is 7.68. The summed E-state index contributed by atoms with van der Waals surface area (Å²) in [6, 6.07) is 26.6. The number of carbonyl (C=O) groups is 2. The molecular formula is C27H28N2O2. The zero-order chi connectivity index (χ0) is 22.2. The lowest BCUT2D eigenvalue weighted by Gasteiger charge is -2.18. The van der Waals surface area contributed by atoms with Crippen molar-refractivity contribution in [2.24, 2.45) is 0 Å². The minimum Gasteiger partial charge on any atom is -0.345 e. The third-order valence-electron chi connectivity index (χ3n) is 5.14. The number of carbonyl (C=O) groups excluding carboxylic acids is 2. The lowest BCUT2D eigenvalue weighted by Crippen LogP contribution is -2.36. The van der Waals surface area contributed by atoms with Gasteiger partial charge in [-0.15, -0.1) is 0 Å². The Hall–Kier alpha value is -3.66. The van der Waals surface area contributed by atoms with Crippen molar-refractivity contribution in [3.05, 3.63) is 113 Å². The van der Waals surface area contributed by atoms with Crippen molar-refractivity contribution in [2.75, 3.05) is 0 Å². The topological polar surface area (TPSA) is 58.2 Å². The van der Waals surface area contributed by atoms with Gasteiger partial charge in [0, 0.05) is 0 Å². The van der Waals surface area contributed by atoms with Crippen molar-refractivity contribution in [3.63, 3.8) is 0 Å². The SMILES string of the molecule is Cc1cccc(C=C(C(=O)NC(C)c2ccccc2)C(=O)NC(C)c2ccccc2)c1. The Morgan fingerprint density at radius 2 is 1.19 bits per heavy atom. The molecule has 2 N–H and O–H groups in total. The second-order valence-corrected chi connectivity index (χ2v) is 7.68. The highest BCUT2D eigenvalue weighted by atomic mass is 16.2. The molecule has 4 heteroatoms. The minimum atomic E-state index is -0.407. The van der Waals surface area contributed by atoms with Crippen LogP contribution < -0.4 is 10.6 Å². The third-order valence-corrected chi connectivity index (χ3v) is 5.14. The number of aryl methyl sites for hydroxylation is 1. The molecule has 0 bridgehead atoms. The summed E-state index contributed by atoms with van der Waals surface area (Å²) in [6.07, 6.45) is 1.65. The van der Waals surface area contributed by atoms with Gasteiger partial charge in [0.05, 0.1) is 12.1 Å². The Morgan fingerprint density at radius 1 is 0.710 bits per heavy atom. The van der Waals surface area contributed by atoms with E-state index >= 15 is 0 Å². The number of hydrogen-bond donors (Lipinski definition) is 2. The van der Waals surface area contributed by atoms with Crippen LogP contribution in [0.4, 0.5) is 0 Å². The van der Waals surface area contributed by atoms with Gasteiger partial charge in [-0.05, 0) is 43.5 Å². The molecule has 2 unspecified atom stereocenters. The van der Waals surface area contributed by atoms with Gasteiger partial charge in [-0.3, -0.25) is 9.59 Å². The van der Waals surface area contributed by atoms with Crippen molar-refractivity contribution in [3.8, 4) is 0 Å². The molecular weight excluding hydrogens is 384 g/mol. The van der Waals surface area contributed by atoms with E-state index in [1.165, 1.54) is 0 Å². The van der Waals surface area contributed by atoms with Crippen LogP contribution in [0.5, 0.6) is 0 Å². The fourth-order valence-electron chi connectivity index (χ4n) is 3.36. The number of rotatable bonds is 7. The first kappa shape index (κ1) is 22.0. The summed E-state index contributed by atoms with van der Waals surface area (Å²) in [6.45, 7) is 5.79. The molecule has 0 fully saturated rings. The standard InChI is InChI=1S/C27H28N2O2/c1-19-11-10-12-22(17-19)18-25(26(30)28-20(2)23-13-6-4-7-14-23)27(31)29-21(3)24-15-8-5-9-16-24/h4-18,20-21H,1-3H3,(H,28,30)(H,29,31). The molecule has 0 aliphatic rings. The number of amides is 2. The predicted molar refractivity (Wildman–Crippen MR) is 125 cm³/mol. The first-order valence-corrected chi connectivity index (χ1v) is 10.4. The predicted octanol–water partition coefficient (Wildman–Crippen LogP) is 5.13. The van der Waals surface area contributed by atoms with Crippen LogP contribution in [0.15, 0.2) is 90.5 Å². The molecule has 3 aromatic rings. The number of benzene rings is 3. The molecule has 0 spiro atoms. The third kappa shape index (κ3) is 6.16. The number of nitrogens with one attached hydrogen (secondary N) is 2. The lowest BCUT2D eigenvalue weighted by molar-refractivity contribution is -0.124. The van der Waals surface area contributed by atoms with E-state index in [0.717, 1.165) is 22.3 Å². The molecule has 0 saturated carbocycles. The monoisotopic (exact) mass is 412 g/mol. The van der Waals surface area contributed by atoms with Crippen molar-refractivity contribution in [2.45, 2.75) is 32.9 Å². The van der Waals surface area contributed by atoms with E-state index in [0.29, 0.717) is 0 Å². The van der Waals surface area contributed by atoms with Crippen LogP contribution in [0.3, 0.4) is 0 Å². The Morgan fingerprint density at radius 3 is 1.65 bits per heavy atom. The zero-order valence-corrected chi connectivity index (χ0v) is 18.1. The summed E-state index contributed by atoms with van der Waals surface area (Å²) in [5, 5.41) is 5.91. The Balaban J connectivity index is 1.85. The summed E-state index contributed by atoms with van der Waals surface area (Å²) in [7, 11) is 0. The van der Waals surface area contributed by atoms with E-state index in [9.17, 15) is 9.59 Å². The van der Waals surface area contributed by atoms with Crippen molar-refractivity contribution >= 4 is 17.9 Å². The fourth-order valence-corrected chi connectivity index (χ4v) is 3.36. The van der Waals surface area contributed by atoms with Gasteiger partial charge in [0.25, 0.3) is 11.8 Å². The van der Waals surface area contributed by atoms with Gasteiger partial charge in [0.2, 0.25) is 0 Å². The normalized spacial score (nSPS) is 12.4. The lowest BCUT2D eigenvalue weighted by atomic mass is 10.0. The van der Waals surface area contributed by atoms with E-state index < -0.39 is 11.8 Å². The first-order chi connectivity index (χ1) is 14.9. The molecule has 31 heavy (non-hydrogen) atoms. The van der Waals surface area contributed by atoms with E-state index in [4.69, 9.17) is 0 Å². The van der Waals surface area contributed by atoms with Gasteiger partial charge < -0.3 is 10.6 Å². The van der Waals surface area contributed by atoms with Crippen molar-refractivity contribution < 1.29 is 9.59 Å². The average molecular weight is 413 g/mol. The van der Waals surface area contributed by atoms with E-state index in [-0.39, 0.29) is 17.7 Å². The molecule has 0 aromatic heterocycles. The van der Waals surface area contributed by atoms with Gasteiger partial charge in [0.15, 0.2) is 0 Å². The van der Waals surface area contributed by atoms with Crippen LogP contribution in [-0.2, 0) is 9.59 Å². The molecule has 158 valence electrons. The van der Waals surface area contributed by atoms with Crippen LogP contribution in [0.1, 0.15) is 48.2 Å². The largest absolute Gasteiger partial charge is 0.345 e. The second kappa shape index (κ2) is 10.4. The molecule has 0 aliphatic heterocycles. The first-order valence-electron chi connectivity index (χ1n) is 10.4. The van der Waals surface area contributed by atoms with Crippen LogP contribution in [-0.4, -0.2) is 11.8 Å². The molecule has 0 aliphatic carbocycles. The van der Waals surface area contributed by atoms with Crippen LogP contribution in [0.2, 0.25) is 0 Å². The maximum atomic E-state index is 13.1. The van der Waals surface area contributed by atoms with Crippen LogP contribution in [0.25, 0.3) is 6.08 Å². The summed E-state index contributed by atoms with van der Waals surface area (Å²) < 4.78 is 0. The molecule has 0 saturated heterocycles. The van der Waals surface area contributed by atoms with Gasteiger partial charge in [0.1, 0.15) is 5.57 Å². The molecule has 2 atom stereocenters. The maximum Gasteiger partial charge on any atom is 0.257 e. The van der Waals surface area contributed by atoms with Crippen molar-refractivity contribution in [1.29, 1.82) is 0 Å². The molecule has 4 nitrogen and oxygen atoms in total. The van der Waals surface area contributed by atoms with Crippen molar-refractivity contribution in [1.82, 2.24) is 10.6 Å². The quantitative estimate of drug-likeness (QED) is 0.321. The van der Waals surface area contributed by atoms with E-state index in [2.05, 4.69) is 10.6 Å². The molecule has 3 rings (SSSR count). The Bertz CT molecular complexity index is 997. The van der Waals surface area contributed by atoms with Crippen LogP contribution >= 0.6 is 0 Å². The van der Waals surface area contributed by atoms with Crippen LogP contribution in [0, 0.1) is 6.92 Å². The van der Waals surface area contributed by atoms with Gasteiger partial charge in [-0.2, -0.15) is 0 Å². The van der Waals surface area contributed by atoms with E-state index in [1.54, 1.807) is 6.08 Å². The molecule has 0 radical (unpaired) electrons. The maximum absolute atomic E-state index is 13.1. The summed E-state index contributed by atoms with van der Waals surface area (Å²) in [4.78, 5) is 26.3. The summed E-state index contributed by atoms with van der Waals surface area (Å²) >= 11 is 0. The molecule has 0 heterocycles. The average Bonchev–Trinajstić information content (AvgIpc) is 2.78. The van der Waals surface area contributed by atoms with Gasteiger partial charge in [-0.25, -0.2) is 0 Å². The summed E-state index contributed by atoms with van der Waals surface area (Å²) in [5.74, 6) is -0.814. The molecule has 3 aromatic carbocycles.